The zero-order valence-corrected chi connectivity index (χ0v) is 49.0. The Balaban J connectivity index is 1.03. The first kappa shape index (κ1) is 52.9. The number of para-hydroxylation sites is 6. The van der Waals surface area contributed by atoms with Crippen molar-refractivity contribution in [3.63, 3.8) is 0 Å². The molecule has 0 fully saturated rings. The van der Waals surface area contributed by atoms with E-state index < -0.39 is 0 Å². The van der Waals surface area contributed by atoms with Crippen molar-refractivity contribution in [3.05, 3.63) is 241 Å². The highest BCUT2D eigenvalue weighted by atomic mass is 16.3. The predicted octanol–water partition coefficient (Wildman–Crippen LogP) is 24.0. The zero-order valence-electron chi connectivity index (χ0n) is 49.0. The Hall–Kier alpha value is -9.12. The molecule has 0 unspecified atom stereocenters. The van der Waals surface area contributed by atoms with Gasteiger partial charge in [0.15, 0.2) is 0 Å². The van der Waals surface area contributed by atoms with E-state index in [4.69, 9.17) is 8.83 Å². The maximum atomic E-state index is 6.85. The van der Waals surface area contributed by atoms with Gasteiger partial charge in [0.1, 0.15) is 22.3 Å². The Morgan fingerprint density at radius 2 is 0.679 bits per heavy atom. The van der Waals surface area contributed by atoms with Crippen LogP contribution in [0.5, 0.6) is 0 Å². The number of hydrogen-bond donors (Lipinski definition) is 0. The minimum Gasteiger partial charge on any atom is -0.455 e. The van der Waals surface area contributed by atoms with Gasteiger partial charge in [-0.05, 0) is 155 Å². The minimum atomic E-state index is 0.920. The molecule has 0 radical (unpaired) electrons. The first-order chi connectivity index (χ1) is 41.6. The number of anilines is 6. The Morgan fingerprint density at radius 3 is 1.11 bits per heavy atom. The topological polar surface area (TPSA) is 32.8 Å². The van der Waals surface area contributed by atoms with Gasteiger partial charge in [-0.15, -0.1) is 0 Å². The van der Waals surface area contributed by atoms with Gasteiger partial charge in [0, 0.05) is 54.8 Å². The molecule has 14 rings (SSSR count). The quantitative estimate of drug-likeness (QED) is 0.0712. The summed E-state index contributed by atoms with van der Waals surface area (Å²) in [5.41, 5.74) is 21.2. The third-order valence-electron chi connectivity index (χ3n) is 17.9. The smallest absolute Gasteiger partial charge is 0.143 e. The first-order valence-corrected chi connectivity index (χ1v) is 31.1. The number of benzene rings is 12. The molecular formula is C80H72N2O2. The normalized spacial score (nSPS) is 11.9. The molecule has 14 aromatic rings. The lowest BCUT2D eigenvalue weighted by Crippen LogP contribution is -2.17. The SMILES string of the molecule is CCCCc1ccc(-c2cccc3c2oc2ccccc23)c(CCCC)c1N(c1ccccc1)c1ccc2ccc3c(N(c4ccccc4)c4c(CCCC)ccc(-c5cccc6c5oc5ccccc56)c4CCCC)ccc4ccc1c2c43. The lowest BCUT2D eigenvalue weighted by molar-refractivity contribution is 0.669. The molecule has 12 aromatic carbocycles. The molecule has 0 saturated carbocycles. The number of rotatable bonds is 20. The number of furan rings is 2. The van der Waals surface area contributed by atoms with Crippen molar-refractivity contribution in [2.24, 2.45) is 0 Å². The van der Waals surface area contributed by atoms with Gasteiger partial charge in [-0.3, -0.25) is 0 Å². The van der Waals surface area contributed by atoms with Crippen molar-refractivity contribution in [1.82, 2.24) is 0 Å². The molecule has 0 atom stereocenters. The van der Waals surface area contributed by atoms with Crippen molar-refractivity contribution in [2.45, 2.75) is 105 Å². The fourth-order valence-electron chi connectivity index (χ4n) is 13.8. The number of hydrogen-bond acceptors (Lipinski definition) is 4. The molecule has 0 aliphatic heterocycles. The van der Waals surface area contributed by atoms with Crippen LogP contribution in [0.15, 0.2) is 227 Å². The largest absolute Gasteiger partial charge is 0.455 e. The minimum absolute atomic E-state index is 0.920. The van der Waals surface area contributed by atoms with Crippen LogP contribution < -0.4 is 9.80 Å². The highest BCUT2D eigenvalue weighted by molar-refractivity contribution is 6.28. The second-order valence-electron chi connectivity index (χ2n) is 23.1. The summed E-state index contributed by atoms with van der Waals surface area (Å²) in [7, 11) is 0. The van der Waals surface area contributed by atoms with E-state index in [1.165, 1.54) is 88.4 Å². The predicted molar refractivity (Wildman–Crippen MR) is 359 cm³/mol. The number of fused-ring (bicyclic) bond motifs is 6. The lowest BCUT2D eigenvalue weighted by Gasteiger charge is -2.34. The first-order valence-electron chi connectivity index (χ1n) is 31.1. The standard InChI is InChI=1S/C80H72N2O2/c1-5-9-25-55-43-47-59(65-35-23-37-67-61-33-19-21-39-73(61)83-79(65)67)63(31-11-7-3)77(55)81(57-27-15-13-16-28-57)71-51-45-53-42-50-70-72(52-46-54-41-49-69(71)75(53)76(54)70)82(58-29-17-14-18-30-58)78-56(26-10-6-2)44-48-60(64(78)32-12-8-4)66-36-24-38-68-62-34-20-22-40-74(62)84-80(66)68/h13-24,27-30,33-52H,5-12,25-26,31-32H2,1-4H3. The summed E-state index contributed by atoms with van der Waals surface area (Å²) in [6.07, 6.45) is 12.5. The Bertz CT molecular complexity index is 4380. The fraction of sp³-hybridized carbons (Fsp3) is 0.200. The van der Waals surface area contributed by atoms with Crippen LogP contribution in [0.3, 0.4) is 0 Å². The van der Waals surface area contributed by atoms with E-state index in [-0.39, 0.29) is 0 Å². The van der Waals surface area contributed by atoms with E-state index in [9.17, 15) is 0 Å². The summed E-state index contributed by atoms with van der Waals surface area (Å²) < 4.78 is 13.7. The van der Waals surface area contributed by atoms with E-state index in [0.29, 0.717) is 0 Å². The second-order valence-corrected chi connectivity index (χ2v) is 23.1. The van der Waals surface area contributed by atoms with Crippen molar-refractivity contribution in [1.29, 1.82) is 0 Å². The third-order valence-corrected chi connectivity index (χ3v) is 17.9. The van der Waals surface area contributed by atoms with Gasteiger partial charge >= 0.3 is 0 Å². The molecule has 0 aliphatic carbocycles. The van der Waals surface area contributed by atoms with Crippen LogP contribution in [0.2, 0.25) is 0 Å². The van der Waals surface area contributed by atoms with Gasteiger partial charge in [-0.2, -0.15) is 0 Å². The lowest BCUT2D eigenvalue weighted by atomic mass is 9.87. The van der Waals surface area contributed by atoms with Gasteiger partial charge in [0.05, 0.1) is 22.7 Å². The Morgan fingerprint density at radius 1 is 0.298 bits per heavy atom. The Labute approximate surface area is 493 Å². The summed E-state index contributed by atoms with van der Waals surface area (Å²) in [6.45, 7) is 9.27. The maximum absolute atomic E-state index is 6.85. The molecule has 0 amide bonds. The van der Waals surface area contributed by atoms with Crippen molar-refractivity contribution < 1.29 is 8.83 Å². The van der Waals surface area contributed by atoms with Crippen molar-refractivity contribution in [2.75, 3.05) is 9.80 Å². The van der Waals surface area contributed by atoms with Gasteiger partial charge in [-0.25, -0.2) is 0 Å². The van der Waals surface area contributed by atoms with E-state index in [0.717, 1.165) is 143 Å². The van der Waals surface area contributed by atoms with Crippen LogP contribution in [-0.2, 0) is 25.7 Å². The number of aryl methyl sites for hydroxylation is 2. The van der Waals surface area contributed by atoms with E-state index in [1.54, 1.807) is 0 Å². The van der Waals surface area contributed by atoms with Crippen molar-refractivity contribution >= 4 is 110 Å². The average Bonchev–Trinajstić information content (AvgIpc) is 1.80. The van der Waals surface area contributed by atoms with Gasteiger partial charge in [0.2, 0.25) is 0 Å². The van der Waals surface area contributed by atoms with Crippen LogP contribution in [0.25, 0.3) is 98.4 Å². The van der Waals surface area contributed by atoms with Crippen LogP contribution in [0.4, 0.5) is 34.1 Å². The van der Waals surface area contributed by atoms with E-state index >= 15 is 0 Å². The van der Waals surface area contributed by atoms with Crippen LogP contribution >= 0.6 is 0 Å². The van der Waals surface area contributed by atoms with Crippen molar-refractivity contribution in [3.8, 4) is 22.3 Å². The van der Waals surface area contributed by atoms with Crippen LogP contribution in [0, 0.1) is 0 Å². The molecule has 84 heavy (non-hydrogen) atoms. The highest BCUT2D eigenvalue weighted by Crippen LogP contribution is 2.53. The molecular weight excluding hydrogens is 1020 g/mol. The zero-order chi connectivity index (χ0) is 56.7. The van der Waals surface area contributed by atoms with E-state index in [2.05, 4.69) is 256 Å². The molecule has 0 N–H and O–H groups in total. The average molecular weight is 1090 g/mol. The van der Waals surface area contributed by atoms with Crippen LogP contribution in [-0.4, -0.2) is 0 Å². The molecule has 4 heteroatoms. The molecule has 414 valence electrons. The molecule has 0 aliphatic rings. The molecule has 4 nitrogen and oxygen atoms in total. The molecule has 0 spiro atoms. The van der Waals surface area contributed by atoms with Crippen LogP contribution in [0.1, 0.15) is 101 Å². The number of unbranched alkanes of at least 4 members (excludes halogenated alkanes) is 4. The summed E-state index contributed by atoms with van der Waals surface area (Å²) in [6, 6.07) is 81.6. The number of nitrogens with zero attached hydrogens (tertiary/aromatic N) is 2. The molecule has 2 heterocycles. The summed E-state index contributed by atoms with van der Waals surface area (Å²) in [5.74, 6) is 0. The Kier molecular flexibility index (Phi) is 14.4. The monoisotopic (exact) mass is 1090 g/mol. The van der Waals surface area contributed by atoms with E-state index in [1.807, 2.05) is 0 Å². The summed E-state index contributed by atoms with van der Waals surface area (Å²) >= 11 is 0. The highest BCUT2D eigenvalue weighted by Gasteiger charge is 2.29. The molecule has 2 aromatic heterocycles. The third kappa shape index (κ3) is 9.15. The molecule has 0 saturated heterocycles. The second kappa shape index (κ2) is 22.9. The fourth-order valence-corrected chi connectivity index (χ4v) is 13.8. The van der Waals surface area contributed by atoms with Gasteiger partial charge in [0.25, 0.3) is 0 Å². The molecule has 0 bridgehead atoms. The summed E-state index contributed by atoms with van der Waals surface area (Å²) in [4.78, 5) is 5.27. The maximum Gasteiger partial charge on any atom is 0.143 e. The summed E-state index contributed by atoms with van der Waals surface area (Å²) in [5, 5.41) is 12.1. The van der Waals surface area contributed by atoms with Gasteiger partial charge in [-0.1, -0.05) is 223 Å². The van der Waals surface area contributed by atoms with Gasteiger partial charge < -0.3 is 18.6 Å².